The zero-order valence-electron chi connectivity index (χ0n) is 16.2. The van der Waals surface area contributed by atoms with E-state index in [0.717, 1.165) is 24.1 Å². The second-order valence-corrected chi connectivity index (χ2v) is 7.07. The van der Waals surface area contributed by atoms with E-state index in [1.54, 1.807) is 6.07 Å². The average Bonchev–Trinajstić information content (AvgIpc) is 2.98. The predicted molar refractivity (Wildman–Crippen MR) is 103 cm³/mol. The molecule has 1 aliphatic rings. The second kappa shape index (κ2) is 8.82. The summed E-state index contributed by atoms with van der Waals surface area (Å²) in [6.45, 7) is 3.83. The third kappa shape index (κ3) is 5.61. The molecule has 29 heavy (non-hydrogen) atoms. The highest BCUT2D eigenvalue weighted by atomic mass is 19.1. The molecule has 0 radical (unpaired) electrons. The quantitative estimate of drug-likeness (QED) is 0.755. The lowest BCUT2D eigenvalue weighted by molar-refractivity contribution is -0.122. The molecule has 1 heterocycles. The summed E-state index contributed by atoms with van der Waals surface area (Å²) in [5, 5.41) is 2.60. The standard InChI is InChI=1S/C22H21F2NO4/c1-22(2)13-15-6-5-7-19(21(15)29-22)28-14-20(26)25-10-3-4-11-27-18-9-8-16(23)12-17(18)24/h5-9,12H,10-11,13-14H2,1-2H3,(H,25,26). The van der Waals surface area contributed by atoms with Crippen molar-refractivity contribution in [1.29, 1.82) is 0 Å². The van der Waals surface area contributed by atoms with E-state index in [0.29, 0.717) is 11.5 Å². The zero-order valence-corrected chi connectivity index (χ0v) is 16.2. The van der Waals surface area contributed by atoms with Gasteiger partial charge in [0.25, 0.3) is 5.91 Å². The molecule has 0 unspecified atom stereocenters. The highest BCUT2D eigenvalue weighted by Gasteiger charge is 2.32. The summed E-state index contributed by atoms with van der Waals surface area (Å²) in [4.78, 5) is 11.9. The van der Waals surface area contributed by atoms with E-state index in [-0.39, 0.29) is 37.0 Å². The summed E-state index contributed by atoms with van der Waals surface area (Å²) in [5.74, 6) is 4.64. The Kier molecular flexibility index (Phi) is 6.23. The van der Waals surface area contributed by atoms with E-state index in [9.17, 15) is 13.6 Å². The highest BCUT2D eigenvalue weighted by molar-refractivity contribution is 5.77. The molecule has 2 aromatic rings. The molecule has 152 valence electrons. The van der Waals surface area contributed by atoms with Crippen LogP contribution < -0.4 is 19.5 Å². The van der Waals surface area contributed by atoms with Gasteiger partial charge in [-0.3, -0.25) is 4.79 Å². The average molecular weight is 401 g/mol. The molecule has 0 saturated heterocycles. The number of fused-ring (bicyclic) bond motifs is 1. The van der Waals surface area contributed by atoms with Gasteiger partial charge in [-0.2, -0.15) is 0 Å². The molecule has 7 heteroatoms. The van der Waals surface area contributed by atoms with Crippen LogP contribution in [0, 0.1) is 23.5 Å². The number of nitrogens with one attached hydrogen (secondary N) is 1. The van der Waals surface area contributed by atoms with Crippen LogP contribution in [0.2, 0.25) is 0 Å². The number of para-hydroxylation sites is 1. The van der Waals surface area contributed by atoms with Gasteiger partial charge in [0.05, 0.1) is 6.54 Å². The fourth-order valence-electron chi connectivity index (χ4n) is 2.86. The van der Waals surface area contributed by atoms with Gasteiger partial charge in [0.2, 0.25) is 0 Å². The van der Waals surface area contributed by atoms with E-state index in [2.05, 4.69) is 17.2 Å². The van der Waals surface area contributed by atoms with E-state index >= 15 is 0 Å². The summed E-state index contributed by atoms with van der Waals surface area (Å²) in [6, 6.07) is 8.63. The normalized spacial score (nSPS) is 13.5. The summed E-state index contributed by atoms with van der Waals surface area (Å²) >= 11 is 0. The first-order valence-electron chi connectivity index (χ1n) is 9.08. The smallest absolute Gasteiger partial charge is 0.258 e. The maximum atomic E-state index is 13.4. The number of ether oxygens (including phenoxy) is 3. The number of carbonyl (C=O) groups is 1. The Morgan fingerprint density at radius 2 is 2.00 bits per heavy atom. The van der Waals surface area contributed by atoms with Gasteiger partial charge in [0.1, 0.15) is 18.0 Å². The van der Waals surface area contributed by atoms with Crippen molar-refractivity contribution in [3.8, 4) is 29.1 Å². The lowest BCUT2D eigenvalue weighted by Gasteiger charge is -2.18. The molecule has 0 aromatic heterocycles. The molecule has 0 spiro atoms. The Bertz CT molecular complexity index is 963. The van der Waals surface area contributed by atoms with Crippen LogP contribution in [-0.4, -0.2) is 31.3 Å². The van der Waals surface area contributed by atoms with Gasteiger partial charge in [0, 0.05) is 18.1 Å². The second-order valence-electron chi connectivity index (χ2n) is 7.07. The van der Waals surface area contributed by atoms with Crippen molar-refractivity contribution in [3.05, 3.63) is 53.6 Å². The van der Waals surface area contributed by atoms with Crippen molar-refractivity contribution in [2.75, 3.05) is 19.8 Å². The van der Waals surface area contributed by atoms with Gasteiger partial charge in [-0.15, -0.1) is 0 Å². The number of rotatable bonds is 6. The first kappa shape index (κ1) is 20.5. The number of halogens is 2. The first-order valence-corrected chi connectivity index (χ1v) is 9.08. The number of hydrogen-bond donors (Lipinski definition) is 1. The van der Waals surface area contributed by atoms with Crippen molar-refractivity contribution >= 4 is 5.91 Å². The fourth-order valence-corrected chi connectivity index (χ4v) is 2.86. The highest BCUT2D eigenvalue weighted by Crippen LogP contribution is 2.41. The van der Waals surface area contributed by atoms with Crippen molar-refractivity contribution in [1.82, 2.24) is 5.32 Å². The first-order chi connectivity index (χ1) is 13.8. The van der Waals surface area contributed by atoms with Crippen LogP contribution in [0.5, 0.6) is 17.2 Å². The van der Waals surface area contributed by atoms with Gasteiger partial charge in [-0.05, 0) is 32.0 Å². The zero-order chi connectivity index (χ0) is 20.9. The molecule has 1 amide bonds. The summed E-state index contributed by atoms with van der Waals surface area (Å²) in [7, 11) is 0. The number of benzene rings is 2. The lowest BCUT2D eigenvalue weighted by atomic mass is 10.0. The Morgan fingerprint density at radius 3 is 2.79 bits per heavy atom. The Morgan fingerprint density at radius 1 is 1.17 bits per heavy atom. The molecule has 0 fully saturated rings. The van der Waals surface area contributed by atoms with Gasteiger partial charge in [-0.25, -0.2) is 8.78 Å². The molecule has 0 aliphatic carbocycles. The SMILES string of the molecule is CC1(C)Cc2cccc(OCC(=O)NCC#CCOc3ccc(F)cc3F)c2O1. The van der Waals surface area contributed by atoms with Crippen LogP contribution in [0.1, 0.15) is 19.4 Å². The molecular formula is C22H21F2NO4. The summed E-state index contributed by atoms with van der Waals surface area (Å²) in [6.07, 6.45) is 0.783. The minimum atomic E-state index is -0.794. The minimum absolute atomic E-state index is 0.0843. The molecule has 0 saturated carbocycles. The summed E-state index contributed by atoms with van der Waals surface area (Å²) < 4.78 is 42.8. The largest absolute Gasteiger partial charge is 0.483 e. The number of amides is 1. The van der Waals surface area contributed by atoms with E-state index < -0.39 is 11.6 Å². The lowest BCUT2D eigenvalue weighted by Crippen LogP contribution is -2.29. The Balaban J connectivity index is 1.40. The monoisotopic (exact) mass is 401 g/mol. The third-order valence-electron chi connectivity index (χ3n) is 4.11. The Labute approximate surface area is 168 Å². The van der Waals surface area contributed by atoms with Gasteiger partial charge < -0.3 is 19.5 Å². The maximum Gasteiger partial charge on any atom is 0.258 e. The van der Waals surface area contributed by atoms with Crippen LogP contribution >= 0.6 is 0 Å². The maximum absolute atomic E-state index is 13.4. The Hall–Kier alpha value is -3.27. The fraction of sp³-hybridized carbons (Fsp3) is 0.318. The van der Waals surface area contributed by atoms with Crippen LogP contribution in [0.4, 0.5) is 8.78 Å². The molecule has 1 aliphatic heterocycles. The van der Waals surface area contributed by atoms with Crippen LogP contribution in [-0.2, 0) is 11.2 Å². The summed E-state index contributed by atoms with van der Waals surface area (Å²) in [5.41, 5.74) is 0.759. The van der Waals surface area contributed by atoms with E-state index in [4.69, 9.17) is 14.2 Å². The molecule has 1 N–H and O–H groups in total. The van der Waals surface area contributed by atoms with Gasteiger partial charge >= 0.3 is 0 Å². The number of hydrogen-bond acceptors (Lipinski definition) is 4. The topological polar surface area (TPSA) is 56.8 Å². The predicted octanol–water partition coefficient (Wildman–Crippen LogP) is 3.26. The van der Waals surface area contributed by atoms with Crippen molar-refractivity contribution < 1.29 is 27.8 Å². The van der Waals surface area contributed by atoms with Gasteiger partial charge in [0.15, 0.2) is 29.7 Å². The van der Waals surface area contributed by atoms with Crippen molar-refractivity contribution in [3.63, 3.8) is 0 Å². The minimum Gasteiger partial charge on any atom is -0.483 e. The molecule has 0 atom stereocenters. The van der Waals surface area contributed by atoms with Crippen molar-refractivity contribution in [2.24, 2.45) is 0 Å². The van der Waals surface area contributed by atoms with Crippen LogP contribution in [0.15, 0.2) is 36.4 Å². The van der Waals surface area contributed by atoms with Crippen molar-refractivity contribution in [2.45, 2.75) is 25.9 Å². The van der Waals surface area contributed by atoms with E-state index in [1.165, 1.54) is 6.07 Å². The molecule has 3 rings (SSSR count). The van der Waals surface area contributed by atoms with E-state index in [1.807, 2.05) is 26.0 Å². The third-order valence-corrected chi connectivity index (χ3v) is 4.11. The molecule has 0 bridgehead atoms. The molecular weight excluding hydrogens is 380 g/mol. The molecule has 2 aromatic carbocycles. The van der Waals surface area contributed by atoms with Gasteiger partial charge in [-0.1, -0.05) is 24.0 Å². The molecule has 5 nitrogen and oxygen atoms in total. The number of carbonyl (C=O) groups excluding carboxylic acids is 1. The van der Waals surface area contributed by atoms with Crippen LogP contribution in [0.25, 0.3) is 0 Å². The van der Waals surface area contributed by atoms with Crippen LogP contribution in [0.3, 0.4) is 0 Å².